The van der Waals surface area contributed by atoms with Crippen LogP contribution in [0.15, 0.2) is 97.3 Å². The first-order valence-electron chi connectivity index (χ1n) is 12.6. The predicted molar refractivity (Wildman–Crippen MR) is 159 cm³/mol. The second-order valence-corrected chi connectivity index (χ2v) is 10.0. The van der Waals surface area contributed by atoms with Gasteiger partial charge in [-0.3, -0.25) is 14.6 Å². The fourth-order valence-electron chi connectivity index (χ4n) is 4.31. The molecule has 206 valence electrons. The Morgan fingerprint density at radius 1 is 0.951 bits per heavy atom. The topological polar surface area (TPSA) is 112 Å². The van der Waals surface area contributed by atoms with Crippen LogP contribution >= 0.6 is 23.2 Å². The Hall–Kier alpha value is -4.66. The van der Waals surface area contributed by atoms with Crippen molar-refractivity contribution >= 4 is 35.0 Å². The van der Waals surface area contributed by atoms with Crippen LogP contribution in [0.25, 0.3) is 28.2 Å². The summed E-state index contributed by atoms with van der Waals surface area (Å²) >= 11 is 12.4. The second-order valence-electron chi connectivity index (χ2n) is 9.22. The fraction of sp³-hybridized carbons (Fsp3) is 0.0968. The van der Waals surface area contributed by atoms with Crippen LogP contribution < -0.4 is 15.8 Å². The molecule has 10 heteroatoms. The number of rotatable bonds is 9. The van der Waals surface area contributed by atoms with Crippen LogP contribution in [-0.2, 0) is 11.2 Å². The van der Waals surface area contributed by atoms with E-state index in [0.717, 1.165) is 22.4 Å². The highest BCUT2D eigenvalue weighted by molar-refractivity contribution is 6.42. The van der Waals surface area contributed by atoms with Crippen LogP contribution in [-0.4, -0.2) is 39.7 Å². The van der Waals surface area contributed by atoms with E-state index in [1.807, 2.05) is 48.5 Å². The summed E-state index contributed by atoms with van der Waals surface area (Å²) in [6.45, 7) is 0. The average Bonchev–Trinajstić information content (AvgIpc) is 3.44. The van der Waals surface area contributed by atoms with Crippen molar-refractivity contribution in [2.45, 2.75) is 12.5 Å². The normalized spacial score (nSPS) is 11.6. The van der Waals surface area contributed by atoms with Gasteiger partial charge < -0.3 is 15.8 Å². The molecule has 5 rings (SSSR count). The van der Waals surface area contributed by atoms with Crippen molar-refractivity contribution in [3.63, 3.8) is 0 Å². The van der Waals surface area contributed by atoms with Crippen LogP contribution in [0.3, 0.4) is 0 Å². The van der Waals surface area contributed by atoms with Crippen molar-refractivity contribution in [1.82, 2.24) is 20.1 Å². The number of methoxy groups -OCH3 is 1. The highest BCUT2D eigenvalue weighted by Gasteiger charge is 2.20. The number of nitrogens with zero attached hydrogens (tertiary/aromatic N) is 3. The van der Waals surface area contributed by atoms with Crippen LogP contribution in [0.1, 0.15) is 15.9 Å². The van der Waals surface area contributed by atoms with Gasteiger partial charge in [0.2, 0.25) is 5.91 Å². The number of aromatic nitrogens is 3. The fourth-order valence-corrected chi connectivity index (χ4v) is 4.60. The number of halogens is 2. The van der Waals surface area contributed by atoms with Gasteiger partial charge in [0.25, 0.3) is 5.91 Å². The molecule has 8 nitrogen and oxygen atoms in total. The third-order valence-corrected chi connectivity index (χ3v) is 7.24. The maximum absolute atomic E-state index is 13.1. The van der Waals surface area contributed by atoms with Crippen molar-refractivity contribution in [2.75, 3.05) is 7.11 Å². The quantitative estimate of drug-likeness (QED) is 0.229. The van der Waals surface area contributed by atoms with Gasteiger partial charge in [-0.15, -0.1) is 0 Å². The van der Waals surface area contributed by atoms with Gasteiger partial charge in [0, 0.05) is 35.5 Å². The molecule has 2 amide bonds. The molecule has 2 aromatic heterocycles. The molecule has 0 unspecified atom stereocenters. The molecule has 1 atom stereocenters. The molecule has 0 saturated heterocycles. The number of amides is 2. The second kappa shape index (κ2) is 12.2. The molecule has 0 spiro atoms. The van der Waals surface area contributed by atoms with E-state index in [2.05, 4.69) is 10.3 Å². The Kier molecular flexibility index (Phi) is 8.33. The highest BCUT2D eigenvalue weighted by atomic mass is 35.5. The van der Waals surface area contributed by atoms with Gasteiger partial charge in [-0.05, 0) is 66.2 Å². The third-order valence-electron chi connectivity index (χ3n) is 6.50. The van der Waals surface area contributed by atoms with Crippen LogP contribution in [0.4, 0.5) is 0 Å². The summed E-state index contributed by atoms with van der Waals surface area (Å²) in [6, 6.07) is 24.3. The van der Waals surface area contributed by atoms with E-state index in [4.69, 9.17) is 38.8 Å². The molecule has 0 aliphatic rings. The SMILES string of the molecule is COc1ccc(C[C@H](NC(=O)c2ccc(-c3cc(-c4cccnc4)nn3-c3ccc(Cl)c(Cl)c3)cc2)C(N)=O)cc1. The van der Waals surface area contributed by atoms with Crippen LogP contribution in [0, 0.1) is 0 Å². The molecule has 41 heavy (non-hydrogen) atoms. The summed E-state index contributed by atoms with van der Waals surface area (Å²) in [6.07, 6.45) is 3.69. The lowest BCUT2D eigenvalue weighted by Crippen LogP contribution is -2.45. The molecular formula is C31H25Cl2N5O3. The maximum Gasteiger partial charge on any atom is 0.251 e. The molecule has 3 aromatic carbocycles. The van der Waals surface area contributed by atoms with Crippen molar-refractivity contribution in [3.8, 4) is 34.0 Å². The van der Waals surface area contributed by atoms with Gasteiger partial charge in [0.15, 0.2) is 0 Å². The number of nitrogens with one attached hydrogen (secondary N) is 1. The third kappa shape index (κ3) is 6.40. The van der Waals surface area contributed by atoms with Gasteiger partial charge in [-0.2, -0.15) is 5.10 Å². The lowest BCUT2D eigenvalue weighted by atomic mass is 10.0. The van der Waals surface area contributed by atoms with E-state index in [0.29, 0.717) is 32.7 Å². The minimum Gasteiger partial charge on any atom is -0.497 e. The molecule has 0 bridgehead atoms. The minimum atomic E-state index is -0.881. The average molecular weight is 586 g/mol. The smallest absolute Gasteiger partial charge is 0.251 e. The molecule has 0 radical (unpaired) electrons. The Morgan fingerprint density at radius 3 is 2.34 bits per heavy atom. The van der Waals surface area contributed by atoms with E-state index in [1.165, 1.54) is 0 Å². The van der Waals surface area contributed by atoms with Crippen molar-refractivity contribution in [2.24, 2.45) is 5.73 Å². The molecule has 0 fully saturated rings. The molecule has 0 saturated carbocycles. The predicted octanol–water partition coefficient (Wildman–Crippen LogP) is 5.74. The summed E-state index contributed by atoms with van der Waals surface area (Å²) in [5, 5.41) is 8.39. The summed E-state index contributed by atoms with van der Waals surface area (Å²) in [4.78, 5) is 29.4. The van der Waals surface area contributed by atoms with Crippen molar-refractivity contribution in [1.29, 1.82) is 0 Å². The lowest BCUT2D eigenvalue weighted by molar-refractivity contribution is -0.119. The van der Waals surface area contributed by atoms with Gasteiger partial charge in [0.05, 0.1) is 34.2 Å². The first kappa shape index (κ1) is 27.9. The summed E-state index contributed by atoms with van der Waals surface area (Å²) in [7, 11) is 1.58. The number of carbonyl (C=O) groups excluding carboxylic acids is 2. The lowest BCUT2D eigenvalue weighted by Gasteiger charge is -2.16. The monoisotopic (exact) mass is 585 g/mol. The van der Waals surface area contributed by atoms with E-state index in [1.54, 1.807) is 60.6 Å². The molecule has 3 N–H and O–H groups in total. The largest absolute Gasteiger partial charge is 0.497 e. The van der Waals surface area contributed by atoms with E-state index < -0.39 is 17.9 Å². The maximum atomic E-state index is 13.1. The Morgan fingerprint density at radius 2 is 1.71 bits per heavy atom. The van der Waals surface area contributed by atoms with Gasteiger partial charge in [-0.25, -0.2) is 4.68 Å². The van der Waals surface area contributed by atoms with Crippen molar-refractivity contribution < 1.29 is 14.3 Å². The zero-order valence-electron chi connectivity index (χ0n) is 21.9. The zero-order chi connectivity index (χ0) is 28.9. The minimum absolute atomic E-state index is 0.253. The Labute approximate surface area is 246 Å². The number of hydrogen-bond acceptors (Lipinski definition) is 5. The van der Waals surface area contributed by atoms with E-state index >= 15 is 0 Å². The summed E-state index contributed by atoms with van der Waals surface area (Å²) in [5.74, 6) is -0.344. The number of carbonyl (C=O) groups is 2. The Balaban J connectivity index is 1.41. The molecule has 2 heterocycles. The molecular weight excluding hydrogens is 561 g/mol. The number of benzene rings is 3. The van der Waals surface area contributed by atoms with E-state index in [9.17, 15) is 9.59 Å². The summed E-state index contributed by atoms with van der Waals surface area (Å²) in [5.41, 5.74) is 10.7. The van der Waals surface area contributed by atoms with Crippen LogP contribution in [0.5, 0.6) is 5.75 Å². The number of ether oxygens (including phenoxy) is 1. The number of hydrogen-bond donors (Lipinski definition) is 2. The van der Waals surface area contributed by atoms with Gasteiger partial charge >= 0.3 is 0 Å². The van der Waals surface area contributed by atoms with Gasteiger partial charge in [-0.1, -0.05) is 47.5 Å². The van der Waals surface area contributed by atoms with Crippen molar-refractivity contribution in [3.05, 3.63) is 118 Å². The summed E-state index contributed by atoms with van der Waals surface area (Å²) < 4.78 is 6.93. The standard InChI is InChI=1S/C31H25Cl2N5O3/c1-41-24-11-4-19(5-12-24)15-28(30(34)39)36-31(40)21-8-6-20(7-9-21)29-17-27(22-3-2-14-35-18-22)37-38(29)23-10-13-25(32)26(33)16-23/h2-14,16-18,28H,15H2,1H3,(H2,34,39)(H,36,40)/t28-/m0/s1. The highest BCUT2D eigenvalue weighted by Crippen LogP contribution is 2.31. The molecule has 0 aliphatic carbocycles. The number of pyridine rings is 1. The number of primary amides is 1. The van der Waals surface area contributed by atoms with Crippen LogP contribution in [0.2, 0.25) is 10.0 Å². The first-order valence-corrected chi connectivity index (χ1v) is 13.4. The first-order chi connectivity index (χ1) is 19.8. The molecule has 0 aliphatic heterocycles. The van der Waals surface area contributed by atoms with E-state index in [-0.39, 0.29) is 6.42 Å². The zero-order valence-corrected chi connectivity index (χ0v) is 23.4. The Bertz CT molecular complexity index is 1690. The van der Waals surface area contributed by atoms with Gasteiger partial charge in [0.1, 0.15) is 11.8 Å². The molecule has 5 aromatic rings. The number of nitrogens with two attached hydrogens (primary N) is 1.